The Morgan fingerprint density at radius 2 is 2.12 bits per heavy atom. The Hall–Kier alpha value is -1.49. The molecule has 1 rings (SSSR count). The minimum absolute atomic E-state index is 0.0241. The Morgan fingerprint density at radius 3 is 2.75 bits per heavy atom. The number of rotatable bonds is 4. The van der Waals surface area contributed by atoms with Crippen LogP contribution in [0.15, 0.2) is 6.07 Å². The van der Waals surface area contributed by atoms with E-state index in [0.717, 1.165) is 12.1 Å². The number of nitrogens with zero attached hydrogens (tertiary/aromatic N) is 3. The summed E-state index contributed by atoms with van der Waals surface area (Å²) in [6.45, 7) is 4.86. The maximum atomic E-state index is 12.0. The molecule has 0 saturated carbocycles. The van der Waals surface area contributed by atoms with Gasteiger partial charge < -0.3 is 10.6 Å². The van der Waals surface area contributed by atoms with Gasteiger partial charge in [-0.25, -0.2) is 0 Å². The fraction of sp³-hybridized carbons (Fsp3) is 0.545. The highest BCUT2D eigenvalue weighted by atomic mass is 16.2. The lowest BCUT2D eigenvalue weighted by atomic mass is 10.1. The molecule has 0 aromatic carbocycles. The maximum Gasteiger partial charge on any atom is 0.255 e. The quantitative estimate of drug-likeness (QED) is 0.806. The van der Waals surface area contributed by atoms with E-state index in [1.807, 2.05) is 6.92 Å². The highest BCUT2D eigenvalue weighted by Crippen LogP contribution is 2.08. The van der Waals surface area contributed by atoms with Crippen LogP contribution < -0.4 is 5.73 Å². The van der Waals surface area contributed by atoms with E-state index < -0.39 is 0 Å². The zero-order valence-electron chi connectivity index (χ0n) is 10.0. The SMILES string of the molecule is Cc1cc(C(=O)N(C)CCCN)c(C)nn1. The van der Waals surface area contributed by atoms with Gasteiger partial charge in [-0.1, -0.05) is 0 Å². The lowest BCUT2D eigenvalue weighted by Gasteiger charge is -2.17. The molecular weight excluding hydrogens is 204 g/mol. The normalized spacial score (nSPS) is 10.2. The van der Waals surface area contributed by atoms with Crippen molar-refractivity contribution in [1.29, 1.82) is 0 Å². The molecule has 0 spiro atoms. The van der Waals surface area contributed by atoms with Crippen molar-refractivity contribution in [1.82, 2.24) is 15.1 Å². The third kappa shape index (κ3) is 3.00. The number of carbonyl (C=O) groups is 1. The van der Waals surface area contributed by atoms with Crippen molar-refractivity contribution < 1.29 is 4.79 Å². The van der Waals surface area contributed by atoms with Crippen LogP contribution in [0.25, 0.3) is 0 Å². The molecule has 0 unspecified atom stereocenters. The second-order valence-electron chi connectivity index (χ2n) is 3.85. The topological polar surface area (TPSA) is 72.1 Å². The molecule has 88 valence electrons. The summed E-state index contributed by atoms with van der Waals surface area (Å²) in [6, 6.07) is 1.77. The van der Waals surface area contributed by atoms with E-state index in [0.29, 0.717) is 24.3 Å². The van der Waals surface area contributed by atoms with Crippen molar-refractivity contribution in [3.63, 3.8) is 0 Å². The second kappa shape index (κ2) is 5.55. The third-order valence-corrected chi connectivity index (χ3v) is 2.38. The summed E-state index contributed by atoms with van der Waals surface area (Å²) < 4.78 is 0. The van der Waals surface area contributed by atoms with Crippen LogP contribution in [0.3, 0.4) is 0 Å². The average Bonchev–Trinajstić information content (AvgIpc) is 2.28. The van der Waals surface area contributed by atoms with Gasteiger partial charge in [0.1, 0.15) is 0 Å². The van der Waals surface area contributed by atoms with E-state index in [9.17, 15) is 4.79 Å². The Bertz CT molecular complexity index is 378. The minimum Gasteiger partial charge on any atom is -0.342 e. The van der Waals surface area contributed by atoms with Crippen LogP contribution in [0.1, 0.15) is 28.2 Å². The summed E-state index contributed by atoms with van der Waals surface area (Å²) in [4.78, 5) is 13.7. The van der Waals surface area contributed by atoms with E-state index in [4.69, 9.17) is 5.73 Å². The lowest BCUT2D eigenvalue weighted by molar-refractivity contribution is 0.0793. The highest BCUT2D eigenvalue weighted by molar-refractivity contribution is 5.95. The van der Waals surface area contributed by atoms with Crippen LogP contribution in [0.4, 0.5) is 0 Å². The van der Waals surface area contributed by atoms with Gasteiger partial charge in [0.05, 0.1) is 17.0 Å². The number of amides is 1. The van der Waals surface area contributed by atoms with Gasteiger partial charge in [0, 0.05) is 13.6 Å². The van der Waals surface area contributed by atoms with Crippen LogP contribution in [-0.4, -0.2) is 41.1 Å². The predicted molar refractivity (Wildman–Crippen MR) is 62.1 cm³/mol. The zero-order chi connectivity index (χ0) is 12.1. The standard InChI is InChI=1S/C11H18N4O/c1-8-7-10(9(2)14-13-8)11(16)15(3)6-4-5-12/h7H,4-6,12H2,1-3H3. The van der Waals surface area contributed by atoms with Gasteiger partial charge in [0.25, 0.3) is 5.91 Å². The van der Waals surface area contributed by atoms with Crippen molar-refractivity contribution in [3.8, 4) is 0 Å². The van der Waals surface area contributed by atoms with Crippen LogP contribution >= 0.6 is 0 Å². The molecule has 1 aromatic rings. The fourth-order valence-electron chi connectivity index (χ4n) is 1.40. The summed E-state index contributed by atoms with van der Waals surface area (Å²) in [7, 11) is 1.77. The molecule has 0 aliphatic rings. The molecule has 0 radical (unpaired) electrons. The number of nitrogens with two attached hydrogens (primary N) is 1. The van der Waals surface area contributed by atoms with Crippen LogP contribution in [0.5, 0.6) is 0 Å². The first-order chi connectivity index (χ1) is 7.56. The van der Waals surface area contributed by atoms with Gasteiger partial charge in [-0.15, -0.1) is 0 Å². The molecule has 0 bridgehead atoms. The van der Waals surface area contributed by atoms with E-state index in [1.165, 1.54) is 0 Å². The molecule has 5 nitrogen and oxygen atoms in total. The van der Waals surface area contributed by atoms with Gasteiger partial charge >= 0.3 is 0 Å². The molecular formula is C11H18N4O. The van der Waals surface area contributed by atoms with Crippen LogP contribution in [0, 0.1) is 13.8 Å². The Kier molecular flexibility index (Phi) is 4.37. The van der Waals surface area contributed by atoms with Crippen LogP contribution in [0.2, 0.25) is 0 Å². The number of aryl methyl sites for hydroxylation is 2. The van der Waals surface area contributed by atoms with E-state index in [2.05, 4.69) is 10.2 Å². The molecule has 0 atom stereocenters. The van der Waals surface area contributed by atoms with Gasteiger partial charge in [0.2, 0.25) is 0 Å². The number of carbonyl (C=O) groups excluding carboxylic acids is 1. The molecule has 1 heterocycles. The summed E-state index contributed by atoms with van der Waals surface area (Å²) in [5.74, 6) is -0.0241. The van der Waals surface area contributed by atoms with Crippen molar-refractivity contribution in [2.75, 3.05) is 20.1 Å². The van der Waals surface area contributed by atoms with Crippen LogP contribution in [-0.2, 0) is 0 Å². The fourth-order valence-corrected chi connectivity index (χ4v) is 1.40. The van der Waals surface area contributed by atoms with Gasteiger partial charge in [-0.3, -0.25) is 4.79 Å². The first kappa shape index (κ1) is 12.6. The Morgan fingerprint density at radius 1 is 1.44 bits per heavy atom. The number of hydrogen-bond acceptors (Lipinski definition) is 4. The van der Waals surface area contributed by atoms with Gasteiger partial charge in [-0.2, -0.15) is 10.2 Å². The Balaban J connectivity index is 2.83. The van der Waals surface area contributed by atoms with Crippen molar-refractivity contribution >= 4 is 5.91 Å². The second-order valence-corrected chi connectivity index (χ2v) is 3.85. The van der Waals surface area contributed by atoms with Crippen molar-refractivity contribution in [2.45, 2.75) is 20.3 Å². The smallest absolute Gasteiger partial charge is 0.255 e. The third-order valence-electron chi connectivity index (χ3n) is 2.38. The highest BCUT2D eigenvalue weighted by Gasteiger charge is 2.14. The van der Waals surface area contributed by atoms with E-state index in [1.54, 1.807) is 24.9 Å². The molecule has 0 aliphatic heterocycles. The number of hydrogen-bond donors (Lipinski definition) is 1. The predicted octanol–water partition coefficient (Wildman–Crippen LogP) is 0.514. The van der Waals surface area contributed by atoms with Gasteiger partial charge in [0.15, 0.2) is 0 Å². The minimum atomic E-state index is -0.0241. The summed E-state index contributed by atoms with van der Waals surface area (Å²) in [5.41, 5.74) is 7.44. The molecule has 1 amide bonds. The van der Waals surface area contributed by atoms with Crippen molar-refractivity contribution in [3.05, 3.63) is 23.0 Å². The van der Waals surface area contributed by atoms with Crippen molar-refractivity contribution in [2.24, 2.45) is 5.73 Å². The molecule has 0 fully saturated rings. The van der Waals surface area contributed by atoms with Gasteiger partial charge in [-0.05, 0) is 32.9 Å². The summed E-state index contributed by atoms with van der Waals surface area (Å²) >= 11 is 0. The largest absolute Gasteiger partial charge is 0.342 e. The molecule has 2 N–H and O–H groups in total. The summed E-state index contributed by atoms with van der Waals surface area (Å²) in [5, 5.41) is 7.84. The Labute approximate surface area is 95.7 Å². The van der Waals surface area contributed by atoms with E-state index in [-0.39, 0.29) is 5.91 Å². The molecule has 0 saturated heterocycles. The molecule has 0 aliphatic carbocycles. The molecule has 16 heavy (non-hydrogen) atoms. The average molecular weight is 222 g/mol. The molecule has 1 aromatic heterocycles. The number of aromatic nitrogens is 2. The lowest BCUT2D eigenvalue weighted by Crippen LogP contribution is -2.29. The first-order valence-corrected chi connectivity index (χ1v) is 5.32. The van der Waals surface area contributed by atoms with E-state index >= 15 is 0 Å². The first-order valence-electron chi connectivity index (χ1n) is 5.32. The maximum absolute atomic E-state index is 12.0. The zero-order valence-corrected chi connectivity index (χ0v) is 10.0. The monoisotopic (exact) mass is 222 g/mol. The summed E-state index contributed by atoms with van der Waals surface area (Å²) in [6.07, 6.45) is 0.804. The molecule has 5 heteroatoms.